The zero-order valence-corrected chi connectivity index (χ0v) is 25.3. The van der Waals surface area contributed by atoms with Crippen LogP contribution in [0.4, 0.5) is 11.4 Å². The number of benzene rings is 2. The summed E-state index contributed by atoms with van der Waals surface area (Å²) >= 11 is 0. The van der Waals surface area contributed by atoms with Crippen LogP contribution in [0.15, 0.2) is 34.3 Å². The molecule has 0 aromatic heterocycles. The molecule has 4 rings (SSSR count). The van der Waals surface area contributed by atoms with E-state index < -0.39 is 20.0 Å². The summed E-state index contributed by atoms with van der Waals surface area (Å²) in [6.07, 6.45) is 2.27. The molecule has 14 heteroatoms. The molecule has 0 unspecified atom stereocenters. The molecule has 0 fully saturated rings. The number of hydrogen-bond donors (Lipinski definition) is 4. The quantitative estimate of drug-likeness (QED) is 0.326. The molecule has 2 heterocycles. The first-order valence-corrected chi connectivity index (χ1v) is 16.5. The molecule has 2 aromatic rings. The Labute approximate surface area is 236 Å². The van der Waals surface area contributed by atoms with Gasteiger partial charge in [0.25, 0.3) is 0 Å². The number of hydrogen-bond acceptors (Lipinski definition) is 10. The van der Waals surface area contributed by atoms with E-state index in [1.807, 2.05) is 52.0 Å². The highest BCUT2D eigenvalue weighted by molar-refractivity contribution is 7.92. The van der Waals surface area contributed by atoms with Crippen LogP contribution in [0.2, 0.25) is 0 Å². The van der Waals surface area contributed by atoms with E-state index in [0.29, 0.717) is 36.1 Å². The second kappa shape index (κ2) is 13.2. The minimum atomic E-state index is -3.31. The lowest BCUT2D eigenvalue weighted by Crippen LogP contribution is -2.25. The maximum atomic E-state index is 11.4. The highest BCUT2D eigenvalue weighted by Crippen LogP contribution is 2.30. The van der Waals surface area contributed by atoms with Crippen molar-refractivity contribution < 1.29 is 26.3 Å². The molecule has 12 nitrogen and oxygen atoms in total. The normalized spacial score (nSPS) is 14.7. The van der Waals surface area contributed by atoms with Gasteiger partial charge in [-0.05, 0) is 51.0 Å². The van der Waals surface area contributed by atoms with E-state index in [2.05, 4.69) is 30.1 Å². The summed E-state index contributed by atoms with van der Waals surface area (Å²) in [5.74, 6) is 2.95. The predicted octanol–water partition coefficient (Wildman–Crippen LogP) is 2.11. The third-order valence-electron chi connectivity index (χ3n) is 6.04. The second-order valence-corrected chi connectivity index (χ2v) is 13.1. The summed E-state index contributed by atoms with van der Waals surface area (Å²) in [4.78, 5) is 8.50. The van der Waals surface area contributed by atoms with Crippen molar-refractivity contribution in [2.45, 2.75) is 27.7 Å². The Kier molecular flexibility index (Phi) is 10.3. The van der Waals surface area contributed by atoms with Crippen LogP contribution in [0.1, 0.15) is 22.3 Å². The lowest BCUT2D eigenvalue weighted by Gasteiger charge is -2.16. The van der Waals surface area contributed by atoms with Crippen molar-refractivity contribution in [2.75, 3.05) is 61.3 Å². The molecule has 0 aliphatic carbocycles. The number of nitrogens with zero attached hydrogens (tertiary/aromatic N) is 2. The summed E-state index contributed by atoms with van der Waals surface area (Å²) in [6.45, 7) is 11.3. The molecule has 0 saturated heterocycles. The zero-order chi connectivity index (χ0) is 29.5. The molecule has 2 aliphatic rings. The predicted molar refractivity (Wildman–Crippen MR) is 160 cm³/mol. The Morgan fingerprint density at radius 2 is 1.07 bits per heavy atom. The maximum Gasteiger partial charge on any atom is 0.229 e. The van der Waals surface area contributed by atoms with Crippen molar-refractivity contribution in [2.24, 2.45) is 9.98 Å². The van der Waals surface area contributed by atoms with Crippen LogP contribution in [0.25, 0.3) is 0 Å². The first-order chi connectivity index (χ1) is 18.7. The number of ether oxygens (including phenoxy) is 2. The van der Waals surface area contributed by atoms with Crippen LogP contribution < -0.4 is 29.6 Å². The van der Waals surface area contributed by atoms with Gasteiger partial charge in [-0.25, -0.2) is 16.8 Å². The second-order valence-electron chi connectivity index (χ2n) is 9.60. The lowest BCUT2D eigenvalue weighted by molar-refractivity contribution is 0.371. The summed E-state index contributed by atoms with van der Waals surface area (Å²) in [5, 5.41) is 6.25. The van der Waals surface area contributed by atoms with Gasteiger partial charge in [-0.2, -0.15) is 0 Å². The summed E-state index contributed by atoms with van der Waals surface area (Å²) in [6, 6.07) is 7.35. The fraction of sp³-hybridized carbons (Fsp3) is 0.462. The largest absolute Gasteiger partial charge is 0.485 e. The van der Waals surface area contributed by atoms with Crippen LogP contribution in [0, 0.1) is 27.7 Å². The highest BCUT2D eigenvalue weighted by Gasteiger charge is 2.15. The molecule has 0 atom stereocenters. The minimum Gasteiger partial charge on any atom is -0.485 e. The topological polar surface area (TPSA) is 160 Å². The SMILES string of the molecule is Cc1ccc(OCC2=NCCN2)c(C)c1NS(C)(=O)=O.Cc1ccc(OCC2=NCCN2)c(C)c1NS(C)(=O)=O. The zero-order valence-electron chi connectivity index (χ0n) is 23.7. The van der Waals surface area contributed by atoms with Crippen LogP contribution >= 0.6 is 0 Å². The standard InChI is InChI=1S/2C13H19N3O3S/c2*1-9-4-5-11(19-8-12-14-6-7-15-12)10(2)13(9)16-20(3,17)18/h2*4-5,16H,6-8H2,1-3H3,(H,14,15). The Hall–Kier alpha value is -3.52. The number of aliphatic imine (C=N–C) groups is 2. The Morgan fingerprint density at radius 3 is 1.38 bits per heavy atom. The number of amidine groups is 2. The Morgan fingerprint density at radius 1 is 0.700 bits per heavy atom. The van der Waals surface area contributed by atoms with Crippen LogP contribution in [-0.4, -0.2) is 80.4 Å². The molecule has 0 spiro atoms. The third kappa shape index (κ3) is 9.30. The van der Waals surface area contributed by atoms with Crippen molar-refractivity contribution in [3.63, 3.8) is 0 Å². The van der Waals surface area contributed by atoms with E-state index >= 15 is 0 Å². The van der Waals surface area contributed by atoms with E-state index in [9.17, 15) is 16.8 Å². The summed E-state index contributed by atoms with van der Waals surface area (Å²) in [5.41, 5.74) is 4.41. The van der Waals surface area contributed by atoms with E-state index in [1.165, 1.54) is 0 Å². The van der Waals surface area contributed by atoms with Gasteiger partial charge in [0.2, 0.25) is 20.0 Å². The Balaban J connectivity index is 0.000000220. The van der Waals surface area contributed by atoms with Crippen LogP contribution in [0.3, 0.4) is 0 Å². The average molecular weight is 595 g/mol. The molecule has 2 aliphatic heterocycles. The lowest BCUT2D eigenvalue weighted by atomic mass is 10.1. The van der Waals surface area contributed by atoms with Gasteiger partial charge < -0.3 is 20.1 Å². The molecular weight excluding hydrogens is 556 g/mol. The Bertz CT molecular complexity index is 1390. The molecule has 40 heavy (non-hydrogen) atoms. The number of rotatable bonds is 10. The van der Waals surface area contributed by atoms with Gasteiger partial charge in [0, 0.05) is 24.2 Å². The third-order valence-corrected chi connectivity index (χ3v) is 7.19. The van der Waals surface area contributed by atoms with Crippen molar-refractivity contribution in [3.8, 4) is 11.5 Å². The van der Waals surface area contributed by atoms with Gasteiger partial charge in [-0.3, -0.25) is 19.4 Å². The van der Waals surface area contributed by atoms with Gasteiger partial charge in [0.1, 0.15) is 36.4 Å². The van der Waals surface area contributed by atoms with Crippen LogP contribution in [-0.2, 0) is 20.0 Å². The fourth-order valence-electron chi connectivity index (χ4n) is 4.03. The van der Waals surface area contributed by atoms with Gasteiger partial charge >= 0.3 is 0 Å². The maximum absolute atomic E-state index is 11.4. The summed E-state index contributed by atoms with van der Waals surface area (Å²) < 4.78 is 62.1. The summed E-state index contributed by atoms with van der Waals surface area (Å²) in [7, 11) is -6.62. The molecular formula is C26H38N6O6S2. The number of sulfonamides is 2. The number of nitrogens with one attached hydrogen (secondary N) is 4. The van der Waals surface area contributed by atoms with Crippen molar-refractivity contribution in [3.05, 3.63) is 46.5 Å². The van der Waals surface area contributed by atoms with Crippen LogP contribution in [0.5, 0.6) is 11.5 Å². The molecule has 220 valence electrons. The van der Waals surface area contributed by atoms with E-state index in [0.717, 1.165) is 72.6 Å². The molecule has 2 aromatic carbocycles. The minimum absolute atomic E-state index is 0.363. The molecule has 0 bridgehead atoms. The monoisotopic (exact) mass is 594 g/mol. The van der Waals surface area contributed by atoms with Gasteiger partial charge in [0.05, 0.1) is 37.0 Å². The molecule has 0 saturated carbocycles. The number of anilines is 2. The van der Waals surface area contributed by atoms with E-state index in [4.69, 9.17) is 9.47 Å². The van der Waals surface area contributed by atoms with Crippen molar-refractivity contribution >= 4 is 43.1 Å². The van der Waals surface area contributed by atoms with Crippen molar-refractivity contribution in [1.29, 1.82) is 0 Å². The molecule has 0 radical (unpaired) electrons. The molecule has 0 amide bonds. The van der Waals surface area contributed by atoms with Crippen molar-refractivity contribution in [1.82, 2.24) is 10.6 Å². The number of aryl methyl sites for hydroxylation is 2. The fourth-order valence-corrected chi connectivity index (χ4v) is 5.40. The van der Waals surface area contributed by atoms with Gasteiger partial charge in [0.15, 0.2) is 0 Å². The van der Waals surface area contributed by atoms with Gasteiger partial charge in [-0.15, -0.1) is 0 Å². The first kappa shape index (κ1) is 31.0. The smallest absolute Gasteiger partial charge is 0.229 e. The highest BCUT2D eigenvalue weighted by atomic mass is 32.2. The van der Waals surface area contributed by atoms with E-state index in [-0.39, 0.29) is 0 Å². The van der Waals surface area contributed by atoms with E-state index in [1.54, 1.807) is 0 Å². The first-order valence-electron chi connectivity index (χ1n) is 12.7. The van der Waals surface area contributed by atoms with Gasteiger partial charge in [-0.1, -0.05) is 12.1 Å². The average Bonchev–Trinajstić information content (AvgIpc) is 3.57. The molecule has 4 N–H and O–H groups in total.